The van der Waals surface area contributed by atoms with Gasteiger partial charge in [0.1, 0.15) is 11.4 Å². The number of amides is 1. The van der Waals surface area contributed by atoms with Gasteiger partial charge in [-0.3, -0.25) is 5.10 Å². The molecule has 0 saturated heterocycles. The molecule has 6 heteroatoms. The van der Waals surface area contributed by atoms with Gasteiger partial charge in [0.05, 0.1) is 28.7 Å². The van der Waals surface area contributed by atoms with E-state index < -0.39 is 17.2 Å². The predicted molar refractivity (Wildman–Crippen MR) is 120 cm³/mol. The quantitative estimate of drug-likeness (QED) is 0.560. The number of fused-ring (bicyclic) bond motifs is 1. The molecular weight excluding hydrogens is 378 g/mol. The molecule has 1 heterocycles. The minimum absolute atomic E-state index is 0.0421. The molecule has 1 amide bonds. The number of nitrogens with zero attached hydrogens (tertiary/aromatic N) is 1. The number of hydrogen-bond acceptors (Lipinski definition) is 4. The summed E-state index contributed by atoms with van der Waals surface area (Å²) in [7, 11) is 0. The van der Waals surface area contributed by atoms with Crippen molar-refractivity contribution in [1.82, 2.24) is 15.5 Å². The summed E-state index contributed by atoms with van der Waals surface area (Å²) in [6, 6.07) is 12.2. The van der Waals surface area contributed by atoms with Crippen LogP contribution < -0.4 is 10.1 Å². The van der Waals surface area contributed by atoms with E-state index in [1.54, 1.807) is 6.20 Å². The summed E-state index contributed by atoms with van der Waals surface area (Å²) in [6.07, 6.45) is 1.40. The van der Waals surface area contributed by atoms with Crippen LogP contribution in [0.3, 0.4) is 0 Å². The van der Waals surface area contributed by atoms with Crippen molar-refractivity contribution in [3.8, 4) is 16.9 Å². The lowest BCUT2D eigenvalue weighted by molar-refractivity contribution is 0.0470. The summed E-state index contributed by atoms with van der Waals surface area (Å²) in [5, 5.41) is 11.0. The van der Waals surface area contributed by atoms with Crippen molar-refractivity contribution in [3.05, 3.63) is 48.2 Å². The van der Waals surface area contributed by atoms with E-state index in [2.05, 4.69) is 15.5 Å². The molecule has 160 valence electrons. The highest BCUT2D eigenvalue weighted by Gasteiger charge is 2.26. The first-order valence-electron chi connectivity index (χ1n) is 10.2. The largest absolute Gasteiger partial charge is 0.490 e. The molecule has 3 aromatic rings. The van der Waals surface area contributed by atoms with E-state index in [0.29, 0.717) is 0 Å². The average Bonchev–Trinajstić information content (AvgIpc) is 3.09. The average molecular weight is 410 g/mol. The van der Waals surface area contributed by atoms with Crippen LogP contribution in [0.2, 0.25) is 0 Å². The fourth-order valence-corrected chi connectivity index (χ4v) is 3.28. The van der Waals surface area contributed by atoms with Gasteiger partial charge in [0.2, 0.25) is 0 Å². The first kappa shape index (κ1) is 21.7. The summed E-state index contributed by atoms with van der Waals surface area (Å²) in [6.45, 7) is 13.5. The Morgan fingerprint density at radius 2 is 1.70 bits per heavy atom. The molecule has 0 spiro atoms. The van der Waals surface area contributed by atoms with Gasteiger partial charge in [0.25, 0.3) is 0 Å². The van der Waals surface area contributed by atoms with Gasteiger partial charge in [-0.15, -0.1) is 0 Å². The lowest BCUT2D eigenvalue weighted by atomic mass is 9.92. The minimum Gasteiger partial charge on any atom is -0.490 e. The van der Waals surface area contributed by atoms with Gasteiger partial charge in [-0.1, -0.05) is 24.3 Å². The van der Waals surface area contributed by atoms with E-state index in [4.69, 9.17) is 9.47 Å². The molecule has 0 fully saturated rings. The fourth-order valence-electron chi connectivity index (χ4n) is 3.28. The van der Waals surface area contributed by atoms with Crippen LogP contribution in [-0.4, -0.2) is 28.0 Å². The molecule has 0 unspecified atom stereocenters. The Morgan fingerprint density at radius 1 is 1.03 bits per heavy atom. The summed E-state index contributed by atoms with van der Waals surface area (Å²) in [5.41, 5.74) is 2.84. The topological polar surface area (TPSA) is 76.2 Å². The first-order chi connectivity index (χ1) is 14.0. The minimum atomic E-state index is -0.577. The van der Waals surface area contributed by atoms with E-state index in [1.165, 1.54) is 0 Å². The Hall–Kier alpha value is -3.02. The smallest absolute Gasteiger partial charge is 0.408 e. The number of carbonyl (C=O) groups excluding carboxylic acids is 1. The molecule has 0 atom stereocenters. The second kappa shape index (κ2) is 8.01. The molecule has 30 heavy (non-hydrogen) atoms. The van der Waals surface area contributed by atoms with Crippen LogP contribution in [0.15, 0.2) is 42.6 Å². The van der Waals surface area contributed by atoms with Crippen molar-refractivity contribution in [2.24, 2.45) is 0 Å². The van der Waals surface area contributed by atoms with E-state index >= 15 is 0 Å². The van der Waals surface area contributed by atoms with E-state index in [-0.39, 0.29) is 6.10 Å². The van der Waals surface area contributed by atoms with Gasteiger partial charge >= 0.3 is 6.09 Å². The van der Waals surface area contributed by atoms with Crippen LogP contribution in [0.1, 0.15) is 54.0 Å². The third-order valence-corrected chi connectivity index (χ3v) is 4.66. The lowest BCUT2D eigenvalue weighted by Gasteiger charge is -2.29. The van der Waals surface area contributed by atoms with Crippen LogP contribution in [-0.2, 0) is 10.3 Å². The molecule has 2 N–H and O–H groups in total. The van der Waals surface area contributed by atoms with E-state index in [0.717, 1.165) is 33.3 Å². The van der Waals surface area contributed by atoms with Crippen molar-refractivity contribution in [1.29, 1.82) is 0 Å². The van der Waals surface area contributed by atoms with Crippen LogP contribution in [0, 0.1) is 0 Å². The normalized spacial score (nSPS) is 12.3. The molecule has 2 aromatic carbocycles. The summed E-state index contributed by atoms with van der Waals surface area (Å²) in [4.78, 5) is 12.2. The zero-order chi connectivity index (χ0) is 22.1. The van der Waals surface area contributed by atoms with Gasteiger partial charge in [-0.25, -0.2) is 4.79 Å². The maximum Gasteiger partial charge on any atom is 0.408 e. The van der Waals surface area contributed by atoms with Crippen molar-refractivity contribution in [2.45, 2.75) is 65.7 Å². The monoisotopic (exact) mass is 409 g/mol. The maximum absolute atomic E-state index is 12.2. The first-order valence-corrected chi connectivity index (χ1v) is 10.2. The van der Waals surface area contributed by atoms with Gasteiger partial charge in [-0.2, -0.15) is 5.10 Å². The Kier molecular flexibility index (Phi) is 5.79. The zero-order valence-electron chi connectivity index (χ0n) is 18.8. The maximum atomic E-state index is 12.2. The second-order valence-electron chi connectivity index (χ2n) is 9.27. The number of hydrogen-bond donors (Lipinski definition) is 2. The Bertz CT molecular complexity index is 1030. The number of alkyl carbamates (subject to hydrolysis) is 1. The lowest BCUT2D eigenvalue weighted by Crippen LogP contribution is -2.43. The standard InChI is InChI=1S/C24H31N3O3/c1-15(2)29-21-18(12-13-20-19(21)14-25-27-20)16-8-10-17(11-9-16)24(6,7)26-22(28)30-23(3,4)5/h8-15H,1-7H3,(H,25,27)(H,26,28). The molecule has 0 aliphatic rings. The highest BCUT2D eigenvalue weighted by molar-refractivity contribution is 5.92. The number of carbonyl (C=O) groups is 1. The van der Waals surface area contributed by atoms with Gasteiger partial charge in [0.15, 0.2) is 0 Å². The van der Waals surface area contributed by atoms with Gasteiger partial charge < -0.3 is 14.8 Å². The number of nitrogens with one attached hydrogen (secondary N) is 2. The number of aromatic nitrogens is 2. The summed E-state index contributed by atoms with van der Waals surface area (Å²) >= 11 is 0. The zero-order valence-corrected chi connectivity index (χ0v) is 18.8. The number of benzene rings is 2. The molecule has 0 aliphatic carbocycles. The Morgan fingerprint density at radius 3 is 2.30 bits per heavy atom. The van der Waals surface area contributed by atoms with Crippen LogP contribution >= 0.6 is 0 Å². The summed E-state index contributed by atoms with van der Waals surface area (Å²) < 4.78 is 11.5. The number of H-pyrrole nitrogens is 1. The van der Waals surface area contributed by atoms with Crippen LogP contribution in [0.25, 0.3) is 22.0 Å². The summed E-state index contributed by atoms with van der Waals surface area (Å²) in [5.74, 6) is 0.815. The highest BCUT2D eigenvalue weighted by atomic mass is 16.6. The van der Waals surface area contributed by atoms with Crippen molar-refractivity contribution in [3.63, 3.8) is 0 Å². The molecule has 1 aromatic heterocycles. The molecular formula is C24H31N3O3. The van der Waals surface area contributed by atoms with Gasteiger partial charge in [-0.05, 0) is 71.7 Å². The van der Waals surface area contributed by atoms with Crippen molar-refractivity contribution >= 4 is 17.0 Å². The number of ether oxygens (including phenoxy) is 2. The van der Waals surface area contributed by atoms with Crippen molar-refractivity contribution < 1.29 is 14.3 Å². The van der Waals surface area contributed by atoms with E-state index in [1.807, 2.05) is 84.9 Å². The SMILES string of the molecule is CC(C)Oc1c(-c2ccc(C(C)(C)NC(=O)OC(C)(C)C)cc2)ccc2[nH]ncc12. The molecule has 0 radical (unpaired) electrons. The molecule has 3 rings (SSSR count). The molecule has 0 bridgehead atoms. The molecule has 0 aliphatic heterocycles. The third-order valence-electron chi connectivity index (χ3n) is 4.66. The van der Waals surface area contributed by atoms with Gasteiger partial charge in [0, 0.05) is 5.56 Å². The van der Waals surface area contributed by atoms with Crippen molar-refractivity contribution in [2.75, 3.05) is 0 Å². The Labute approximate surface area is 178 Å². The molecule has 0 saturated carbocycles. The number of rotatable bonds is 5. The fraction of sp³-hybridized carbons (Fsp3) is 0.417. The number of aromatic amines is 1. The van der Waals surface area contributed by atoms with E-state index in [9.17, 15) is 4.79 Å². The predicted octanol–water partition coefficient (Wildman–Crippen LogP) is 5.78. The Balaban J connectivity index is 1.89. The van der Waals surface area contributed by atoms with Crippen LogP contribution in [0.5, 0.6) is 5.75 Å². The molecule has 6 nitrogen and oxygen atoms in total. The highest BCUT2D eigenvalue weighted by Crippen LogP contribution is 2.37. The second-order valence-corrected chi connectivity index (χ2v) is 9.27. The van der Waals surface area contributed by atoms with Crippen LogP contribution in [0.4, 0.5) is 4.79 Å². The third kappa shape index (κ3) is 4.93.